The SMILES string of the molecule is COc1ccc(-c2nnc(-c3cc(-c4ccccc4)nc4ccccc34)o2)cc1. The van der Waals surface area contributed by atoms with Crippen LogP contribution in [-0.4, -0.2) is 22.3 Å². The van der Waals surface area contributed by atoms with Crippen molar-refractivity contribution in [3.8, 4) is 39.9 Å². The molecule has 0 radical (unpaired) electrons. The monoisotopic (exact) mass is 379 g/mol. The van der Waals surface area contributed by atoms with E-state index in [1.165, 1.54) is 0 Å². The molecule has 5 rings (SSSR count). The van der Waals surface area contributed by atoms with Crippen molar-refractivity contribution in [1.82, 2.24) is 15.2 Å². The summed E-state index contributed by atoms with van der Waals surface area (Å²) in [6, 6.07) is 27.6. The van der Waals surface area contributed by atoms with Gasteiger partial charge in [-0.1, -0.05) is 48.5 Å². The van der Waals surface area contributed by atoms with Gasteiger partial charge in [0, 0.05) is 16.5 Å². The van der Waals surface area contributed by atoms with Gasteiger partial charge in [-0.05, 0) is 36.4 Å². The lowest BCUT2D eigenvalue weighted by Crippen LogP contribution is -1.89. The Balaban J connectivity index is 1.63. The lowest BCUT2D eigenvalue weighted by molar-refractivity contribution is 0.415. The minimum atomic E-state index is 0.463. The minimum Gasteiger partial charge on any atom is -0.497 e. The van der Waals surface area contributed by atoms with Crippen LogP contribution >= 0.6 is 0 Å². The Hall–Kier alpha value is -3.99. The van der Waals surface area contributed by atoms with E-state index in [-0.39, 0.29) is 0 Å². The van der Waals surface area contributed by atoms with Crippen molar-refractivity contribution < 1.29 is 9.15 Å². The lowest BCUT2D eigenvalue weighted by Gasteiger charge is -2.07. The van der Waals surface area contributed by atoms with Crippen LogP contribution < -0.4 is 4.74 Å². The highest BCUT2D eigenvalue weighted by atomic mass is 16.5. The molecule has 140 valence electrons. The third-order valence-electron chi connectivity index (χ3n) is 4.78. The van der Waals surface area contributed by atoms with Gasteiger partial charge in [0.1, 0.15) is 5.75 Å². The summed E-state index contributed by atoms with van der Waals surface area (Å²) in [4.78, 5) is 4.81. The molecule has 0 saturated heterocycles. The van der Waals surface area contributed by atoms with Crippen LogP contribution in [0.4, 0.5) is 0 Å². The number of rotatable bonds is 4. The number of hydrogen-bond acceptors (Lipinski definition) is 5. The molecule has 0 unspecified atom stereocenters. The van der Waals surface area contributed by atoms with Gasteiger partial charge in [-0.25, -0.2) is 4.98 Å². The van der Waals surface area contributed by atoms with Gasteiger partial charge in [0.05, 0.1) is 23.9 Å². The van der Waals surface area contributed by atoms with Crippen molar-refractivity contribution in [2.24, 2.45) is 0 Å². The molecule has 0 aliphatic carbocycles. The summed E-state index contributed by atoms with van der Waals surface area (Å²) in [5.74, 6) is 1.71. The Kier molecular flexibility index (Phi) is 4.26. The lowest BCUT2D eigenvalue weighted by atomic mass is 10.0. The van der Waals surface area contributed by atoms with Gasteiger partial charge in [-0.3, -0.25) is 0 Å². The molecule has 2 heterocycles. The van der Waals surface area contributed by atoms with Crippen LogP contribution in [0.15, 0.2) is 89.3 Å². The summed E-state index contributed by atoms with van der Waals surface area (Å²) >= 11 is 0. The maximum atomic E-state index is 6.04. The summed E-state index contributed by atoms with van der Waals surface area (Å²) < 4.78 is 11.2. The van der Waals surface area contributed by atoms with Gasteiger partial charge < -0.3 is 9.15 Å². The highest BCUT2D eigenvalue weighted by Crippen LogP contribution is 2.33. The molecule has 0 amide bonds. The van der Waals surface area contributed by atoms with E-state index in [0.29, 0.717) is 11.8 Å². The van der Waals surface area contributed by atoms with Crippen LogP contribution in [0.1, 0.15) is 0 Å². The smallest absolute Gasteiger partial charge is 0.248 e. The first-order valence-corrected chi connectivity index (χ1v) is 9.25. The first kappa shape index (κ1) is 17.1. The fraction of sp³-hybridized carbons (Fsp3) is 0.0417. The van der Waals surface area contributed by atoms with E-state index < -0.39 is 0 Å². The Labute approximate surface area is 167 Å². The zero-order chi connectivity index (χ0) is 19.6. The van der Waals surface area contributed by atoms with E-state index in [9.17, 15) is 0 Å². The van der Waals surface area contributed by atoms with Gasteiger partial charge in [0.25, 0.3) is 0 Å². The molecule has 0 spiro atoms. The molecular weight excluding hydrogens is 362 g/mol. The Morgan fingerprint density at radius 1 is 0.724 bits per heavy atom. The van der Waals surface area contributed by atoms with Crippen LogP contribution in [0, 0.1) is 0 Å². The van der Waals surface area contributed by atoms with Gasteiger partial charge in [0.2, 0.25) is 11.8 Å². The second-order valence-electron chi connectivity index (χ2n) is 6.58. The van der Waals surface area contributed by atoms with Crippen LogP contribution in [0.2, 0.25) is 0 Å². The van der Waals surface area contributed by atoms with Gasteiger partial charge in [-0.2, -0.15) is 0 Å². The predicted molar refractivity (Wildman–Crippen MR) is 112 cm³/mol. The summed E-state index contributed by atoms with van der Waals surface area (Å²) in [5.41, 5.74) is 4.49. The molecule has 5 heteroatoms. The number of ether oxygens (including phenoxy) is 1. The summed E-state index contributed by atoms with van der Waals surface area (Å²) in [7, 11) is 1.64. The zero-order valence-electron chi connectivity index (χ0n) is 15.7. The quantitative estimate of drug-likeness (QED) is 0.405. The van der Waals surface area contributed by atoms with E-state index >= 15 is 0 Å². The molecule has 5 aromatic rings. The minimum absolute atomic E-state index is 0.463. The Bertz CT molecular complexity index is 1280. The molecular formula is C24H17N3O2. The molecule has 2 aromatic heterocycles. The van der Waals surface area contributed by atoms with Crippen LogP contribution in [-0.2, 0) is 0 Å². The number of methoxy groups -OCH3 is 1. The number of aromatic nitrogens is 3. The van der Waals surface area contributed by atoms with Crippen molar-refractivity contribution in [3.63, 3.8) is 0 Å². The number of fused-ring (bicyclic) bond motifs is 1. The van der Waals surface area contributed by atoms with E-state index in [2.05, 4.69) is 10.2 Å². The molecule has 0 atom stereocenters. The maximum absolute atomic E-state index is 6.04. The summed E-state index contributed by atoms with van der Waals surface area (Å²) in [6.07, 6.45) is 0. The second-order valence-corrected chi connectivity index (χ2v) is 6.58. The van der Waals surface area contributed by atoms with Gasteiger partial charge in [-0.15, -0.1) is 10.2 Å². The fourth-order valence-corrected chi connectivity index (χ4v) is 3.29. The van der Waals surface area contributed by atoms with Crippen molar-refractivity contribution in [2.75, 3.05) is 7.11 Å². The molecule has 0 aliphatic rings. The largest absolute Gasteiger partial charge is 0.497 e. The highest BCUT2D eigenvalue weighted by molar-refractivity contribution is 5.94. The molecule has 0 fully saturated rings. The topological polar surface area (TPSA) is 61.0 Å². The first-order valence-electron chi connectivity index (χ1n) is 9.25. The zero-order valence-corrected chi connectivity index (χ0v) is 15.7. The third-order valence-corrected chi connectivity index (χ3v) is 4.78. The van der Waals surface area contributed by atoms with Crippen LogP contribution in [0.5, 0.6) is 5.75 Å². The summed E-state index contributed by atoms with van der Waals surface area (Å²) in [6.45, 7) is 0. The third kappa shape index (κ3) is 3.23. The standard InChI is InChI=1S/C24H17N3O2/c1-28-18-13-11-17(12-14-18)23-26-27-24(29-23)20-15-22(16-7-3-2-4-8-16)25-21-10-6-5-9-19(20)21/h2-15H,1H3. The average molecular weight is 379 g/mol. The number of nitrogens with zero attached hydrogens (tertiary/aromatic N) is 3. The first-order chi connectivity index (χ1) is 14.3. The number of para-hydroxylation sites is 1. The maximum Gasteiger partial charge on any atom is 0.248 e. The molecule has 3 aromatic carbocycles. The average Bonchev–Trinajstić information content (AvgIpc) is 3.29. The van der Waals surface area contributed by atoms with Crippen molar-refractivity contribution in [1.29, 1.82) is 0 Å². The van der Waals surface area contributed by atoms with Crippen LogP contribution in [0.25, 0.3) is 45.1 Å². The van der Waals surface area contributed by atoms with Crippen molar-refractivity contribution >= 4 is 10.9 Å². The molecule has 0 aliphatic heterocycles. The van der Waals surface area contributed by atoms with Crippen LogP contribution in [0.3, 0.4) is 0 Å². The fourth-order valence-electron chi connectivity index (χ4n) is 3.29. The number of benzene rings is 3. The highest BCUT2D eigenvalue weighted by Gasteiger charge is 2.16. The van der Waals surface area contributed by atoms with E-state index in [0.717, 1.165) is 39.0 Å². The second kappa shape index (κ2) is 7.20. The van der Waals surface area contributed by atoms with Gasteiger partial charge in [0.15, 0.2) is 0 Å². The van der Waals surface area contributed by atoms with E-state index in [1.54, 1.807) is 7.11 Å². The molecule has 0 N–H and O–H groups in total. The van der Waals surface area contributed by atoms with Crippen molar-refractivity contribution in [3.05, 3.63) is 84.9 Å². The van der Waals surface area contributed by atoms with Crippen molar-refractivity contribution in [2.45, 2.75) is 0 Å². The number of pyridine rings is 1. The molecule has 5 nitrogen and oxygen atoms in total. The van der Waals surface area contributed by atoms with E-state index in [4.69, 9.17) is 14.1 Å². The Morgan fingerprint density at radius 3 is 2.24 bits per heavy atom. The van der Waals surface area contributed by atoms with Gasteiger partial charge >= 0.3 is 0 Å². The number of hydrogen-bond donors (Lipinski definition) is 0. The predicted octanol–water partition coefficient (Wildman–Crippen LogP) is 5.63. The normalized spacial score (nSPS) is 10.9. The Morgan fingerprint density at radius 2 is 1.45 bits per heavy atom. The van der Waals surface area contributed by atoms with E-state index in [1.807, 2.05) is 84.9 Å². The summed E-state index contributed by atoms with van der Waals surface area (Å²) in [5, 5.41) is 9.53. The molecule has 29 heavy (non-hydrogen) atoms. The molecule has 0 bridgehead atoms. The molecule has 0 saturated carbocycles.